The van der Waals surface area contributed by atoms with Gasteiger partial charge in [-0.1, -0.05) is 25.1 Å². The Morgan fingerprint density at radius 3 is 2.65 bits per heavy atom. The zero-order valence-corrected chi connectivity index (χ0v) is 14.5. The van der Waals surface area contributed by atoms with E-state index in [1.165, 1.54) is 0 Å². The molecule has 0 saturated carbocycles. The molecule has 0 saturated heterocycles. The Morgan fingerprint density at radius 2 is 2.00 bits per heavy atom. The number of nitrogens with zero attached hydrogens (tertiary/aromatic N) is 1. The second-order valence-electron chi connectivity index (χ2n) is 5.35. The van der Waals surface area contributed by atoms with E-state index in [1.54, 1.807) is 7.05 Å². The molecule has 0 aliphatic carbocycles. The normalized spacial score (nSPS) is 12.4. The largest absolute Gasteiger partial charge is 0.489 e. The summed E-state index contributed by atoms with van der Waals surface area (Å²) in [6, 6.07) is 7.92. The maximum atomic E-state index is 11.6. The van der Waals surface area contributed by atoms with Gasteiger partial charge in [-0.25, -0.2) is 0 Å². The molecule has 0 aliphatic rings. The van der Waals surface area contributed by atoms with Crippen LogP contribution in [0.25, 0.3) is 0 Å². The number of carbonyl (C=O) groups excluding carboxylic acids is 1. The summed E-state index contributed by atoms with van der Waals surface area (Å²) in [6.07, 6.45) is 0.899. The van der Waals surface area contributed by atoms with Gasteiger partial charge in [0.25, 0.3) is 0 Å². The highest BCUT2D eigenvalue weighted by molar-refractivity contribution is 5.86. The third-order valence-corrected chi connectivity index (χ3v) is 3.19. The highest BCUT2D eigenvalue weighted by atomic mass is 16.5. The van der Waals surface area contributed by atoms with Gasteiger partial charge in [0.05, 0.1) is 13.1 Å². The smallest absolute Gasteiger partial charge is 0.239 e. The highest BCUT2D eigenvalue weighted by Crippen LogP contribution is 2.17. The fraction of sp³-hybridized carbons (Fsp3) is 0.529. The van der Waals surface area contributed by atoms with Crippen molar-refractivity contribution in [3.63, 3.8) is 0 Å². The Bertz CT molecular complexity index is 517. The molecule has 0 aliphatic heterocycles. The number of para-hydroxylation sites is 1. The van der Waals surface area contributed by atoms with Gasteiger partial charge in [0.2, 0.25) is 5.91 Å². The molecular formula is C17H28N4O2. The van der Waals surface area contributed by atoms with Gasteiger partial charge in [-0.3, -0.25) is 9.79 Å². The first kappa shape index (κ1) is 18.8. The monoisotopic (exact) mass is 320 g/mol. The number of hydrogen-bond donors (Lipinski definition) is 3. The fourth-order valence-corrected chi connectivity index (χ4v) is 1.90. The van der Waals surface area contributed by atoms with Crippen LogP contribution in [0.5, 0.6) is 5.75 Å². The van der Waals surface area contributed by atoms with Crippen molar-refractivity contribution in [3.05, 3.63) is 29.8 Å². The van der Waals surface area contributed by atoms with E-state index in [1.807, 2.05) is 45.0 Å². The molecule has 1 unspecified atom stereocenters. The molecule has 0 heterocycles. The van der Waals surface area contributed by atoms with Crippen LogP contribution in [-0.2, 0) is 4.79 Å². The number of carbonyl (C=O) groups is 1. The molecule has 0 aromatic heterocycles. The van der Waals surface area contributed by atoms with Crippen molar-refractivity contribution in [2.45, 2.75) is 33.3 Å². The van der Waals surface area contributed by atoms with Gasteiger partial charge in [0.15, 0.2) is 5.96 Å². The van der Waals surface area contributed by atoms with E-state index >= 15 is 0 Å². The summed E-state index contributed by atoms with van der Waals surface area (Å²) < 4.78 is 5.89. The predicted molar refractivity (Wildman–Crippen MR) is 93.9 cm³/mol. The van der Waals surface area contributed by atoms with E-state index in [0.717, 1.165) is 17.7 Å². The van der Waals surface area contributed by atoms with Gasteiger partial charge >= 0.3 is 0 Å². The minimum Gasteiger partial charge on any atom is -0.489 e. The molecule has 1 atom stereocenters. The average Bonchev–Trinajstić information content (AvgIpc) is 2.55. The van der Waals surface area contributed by atoms with Crippen molar-refractivity contribution in [1.82, 2.24) is 16.0 Å². The predicted octanol–water partition coefficient (Wildman–Crippen LogP) is 1.45. The Labute approximate surface area is 138 Å². The maximum Gasteiger partial charge on any atom is 0.239 e. The number of rotatable bonds is 8. The molecular weight excluding hydrogens is 292 g/mol. The fourth-order valence-electron chi connectivity index (χ4n) is 1.90. The Balaban J connectivity index is 2.34. The summed E-state index contributed by atoms with van der Waals surface area (Å²) in [5.41, 5.74) is 1.11. The van der Waals surface area contributed by atoms with Gasteiger partial charge < -0.3 is 20.7 Å². The van der Waals surface area contributed by atoms with E-state index in [9.17, 15) is 4.79 Å². The van der Waals surface area contributed by atoms with Crippen molar-refractivity contribution in [2.75, 3.05) is 26.7 Å². The molecule has 1 aromatic carbocycles. The Morgan fingerprint density at radius 1 is 1.26 bits per heavy atom. The molecule has 3 N–H and O–H groups in total. The number of ether oxygens (including phenoxy) is 1. The second-order valence-corrected chi connectivity index (χ2v) is 5.35. The molecule has 0 fully saturated rings. The minimum absolute atomic E-state index is 0.0245. The van der Waals surface area contributed by atoms with Crippen LogP contribution in [-0.4, -0.2) is 44.7 Å². The molecule has 6 nitrogen and oxygen atoms in total. The van der Waals surface area contributed by atoms with Crippen LogP contribution in [0, 0.1) is 6.92 Å². The first-order chi connectivity index (χ1) is 11.1. The number of hydrogen-bond acceptors (Lipinski definition) is 3. The maximum absolute atomic E-state index is 11.6. The van der Waals surface area contributed by atoms with Crippen molar-refractivity contribution in [2.24, 2.45) is 4.99 Å². The van der Waals surface area contributed by atoms with Crippen molar-refractivity contribution in [3.8, 4) is 5.75 Å². The summed E-state index contributed by atoms with van der Waals surface area (Å²) in [5.74, 6) is 1.42. The molecule has 1 rings (SSSR count). The van der Waals surface area contributed by atoms with E-state index in [2.05, 4.69) is 20.9 Å². The lowest BCUT2D eigenvalue weighted by Gasteiger charge is -2.18. The van der Waals surface area contributed by atoms with Crippen LogP contribution < -0.4 is 20.7 Å². The number of benzene rings is 1. The van der Waals surface area contributed by atoms with Gasteiger partial charge in [-0.05, 0) is 31.9 Å². The van der Waals surface area contributed by atoms with Crippen molar-refractivity contribution in [1.29, 1.82) is 0 Å². The first-order valence-electron chi connectivity index (χ1n) is 8.00. The lowest BCUT2D eigenvalue weighted by atomic mass is 10.2. The van der Waals surface area contributed by atoms with E-state index in [4.69, 9.17) is 4.74 Å². The summed E-state index contributed by atoms with van der Waals surface area (Å²) >= 11 is 0. The lowest BCUT2D eigenvalue weighted by Crippen LogP contribution is -2.45. The second kappa shape index (κ2) is 10.5. The van der Waals surface area contributed by atoms with Crippen LogP contribution in [0.3, 0.4) is 0 Å². The number of aliphatic imine (C=N–C) groups is 1. The summed E-state index contributed by atoms with van der Waals surface area (Å²) in [7, 11) is 1.67. The molecule has 0 spiro atoms. The van der Waals surface area contributed by atoms with Crippen molar-refractivity contribution < 1.29 is 9.53 Å². The van der Waals surface area contributed by atoms with Gasteiger partial charge in [0.1, 0.15) is 11.9 Å². The third kappa shape index (κ3) is 7.54. The lowest BCUT2D eigenvalue weighted by molar-refractivity contribution is -0.120. The standard InChI is InChI=1S/C17H28N4O2/c1-5-10-19-16(22)12-21-17(18-4)20-11-14(3)23-15-9-7-6-8-13(15)2/h6-9,14H,5,10-12H2,1-4H3,(H,19,22)(H2,18,20,21). The van der Waals surface area contributed by atoms with Gasteiger partial charge in [-0.15, -0.1) is 0 Å². The summed E-state index contributed by atoms with van der Waals surface area (Å²) in [6.45, 7) is 7.50. The quantitative estimate of drug-likeness (QED) is 0.501. The topological polar surface area (TPSA) is 74.8 Å². The first-order valence-corrected chi connectivity index (χ1v) is 8.00. The van der Waals surface area contributed by atoms with Crippen LogP contribution >= 0.6 is 0 Å². The molecule has 1 amide bonds. The number of nitrogens with one attached hydrogen (secondary N) is 3. The molecule has 1 aromatic rings. The zero-order valence-electron chi connectivity index (χ0n) is 14.5. The number of aryl methyl sites for hydroxylation is 1. The minimum atomic E-state index is -0.0426. The van der Waals surface area contributed by atoms with E-state index in [0.29, 0.717) is 19.0 Å². The van der Waals surface area contributed by atoms with Gasteiger partial charge in [0, 0.05) is 13.6 Å². The van der Waals surface area contributed by atoms with Crippen molar-refractivity contribution >= 4 is 11.9 Å². The summed E-state index contributed by atoms with van der Waals surface area (Å²) in [5, 5.41) is 8.94. The number of guanidine groups is 1. The van der Waals surface area contributed by atoms with Crippen LogP contribution in [0.4, 0.5) is 0 Å². The molecule has 0 bridgehead atoms. The van der Waals surface area contributed by atoms with E-state index in [-0.39, 0.29) is 18.6 Å². The Kier molecular flexibility index (Phi) is 8.57. The van der Waals surface area contributed by atoms with Crippen LogP contribution in [0.1, 0.15) is 25.8 Å². The van der Waals surface area contributed by atoms with E-state index < -0.39 is 0 Å². The zero-order chi connectivity index (χ0) is 17.1. The van der Waals surface area contributed by atoms with Gasteiger partial charge in [-0.2, -0.15) is 0 Å². The third-order valence-electron chi connectivity index (χ3n) is 3.19. The average molecular weight is 320 g/mol. The van der Waals surface area contributed by atoms with Crippen LogP contribution in [0.2, 0.25) is 0 Å². The molecule has 6 heteroatoms. The summed E-state index contributed by atoms with van der Waals surface area (Å²) in [4.78, 5) is 15.7. The number of amides is 1. The molecule has 0 radical (unpaired) electrons. The van der Waals surface area contributed by atoms with Crippen LogP contribution in [0.15, 0.2) is 29.3 Å². The molecule has 128 valence electrons. The molecule has 23 heavy (non-hydrogen) atoms. The highest BCUT2D eigenvalue weighted by Gasteiger charge is 2.08. The SMILES string of the molecule is CCCNC(=O)CNC(=NC)NCC(C)Oc1ccccc1C. The Hall–Kier alpha value is -2.24.